The van der Waals surface area contributed by atoms with Crippen molar-refractivity contribution in [1.29, 1.82) is 0 Å². The Morgan fingerprint density at radius 2 is 2.44 bits per heavy atom. The lowest BCUT2D eigenvalue weighted by atomic mass is 10.3. The van der Waals surface area contributed by atoms with Crippen molar-refractivity contribution in [2.24, 2.45) is 5.92 Å². The van der Waals surface area contributed by atoms with E-state index in [1.54, 1.807) is 13.4 Å². The molecule has 0 radical (unpaired) electrons. The lowest BCUT2D eigenvalue weighted by molar-refractivity contribution is 0.198. The van der Waals surface area contributed by atoms with E-state index in [1.165, 1.54) is 19.3 Å². The smallest absolute Gasteiger partial charge is 0.140 e. The Morgan fingerprint density at radius 3 is 3.19 bits per heavy atom. The fourth-order valence-corrected chi connectivity index (χ4v) is 1.70. The molecule has 0 aliphatic heterocycles. The number of nitrogens with zero attached hydrogens (tertiary/aromatic N) is 3. The van der Waals surface area contributed by atoms with Gasteiger partial charge in [0.2, 0.25) is 0 Å². The maximum Gasteiger partial charge on any atom is 0.140 e. The van der Waals surface area contributed by atoms with Crippen molar-refractivity contribution in [3.05, 3.63) is 12.2 Å². The van der Waals surface area contributed by atoms with Crippen LogP contribution in [0.3, 0.4) is 0 Å². The maximum absolute atomic E-state index is 4.97. The minimum Gasteiger partial charge on any atom is -0.383 e. The molecule has 0 amide bonds. The molecule has 1 aliphatic carbocycles. The van der Waals surface area contributed by atoms with Crippen molar-refractivity contribution in [3.8, 4) is 0 Å². The largest absolute Gasteiger partial charge is 0.383 e. The second-order valence-electron chi connectivity index (χ2n) is 4.30. The van der Waals surface area contributed by atoms with Crippen LogP contribution in [0.5, 0.6) is 0 Å². The van der Waals surface area contributed by atoms with Gasteiger partial charge < -0.3 is 10.1 Å². The first-order chi connectivity index (χ1) is 7.90. The van der Waals surface area contributed by atoms with Crippen LogP contribution in [0.15, 0.2) is 6.33 Å². The van der Waals surface area contributed by atoms with Gasteiger partial charge in [0.1, 0.15) is 12.2 Å². The summed E-state index contributed by atoms with van der Waals surface area (Å²) in [6.45, 7) is 3.36. The molecular weight excluding hydrogens is 204 g/mol. The zero-order valence-corrected chi connectivity index (χ0v) is 9.85. The van der Waals surface area contributed by atoms with Crippen LogP contribution in [-0.2, 0) is 17.8 Å². The van der Waals surface area contributed by atoms with Gasteiger partial charge in [0.05, 0.1) is 13.2 Å². The number of nitrogens with one attached hydrogen (secondary N) is 1. The highest BCUT2D eigenvalue weighted by Crippen LogP contribution is 2.32. The molecule has 1 aromatic rings. The number of aromatic nitrogens is 3. The molecular formula is C11H20N4O. The molecule has 0 aromatic carbocycles. The molecule has 1 fully saturated rings. The zero-order chi connectivity index (χ0) is 11.2. The van der Waals surface area contributed by atoms with E-state index in [1.807, 2.05) is 4.68 Å². The van der Waals surface area contributed by atoms with Gasteiger partial charge in [-0.05, 0) is 12.3 Å². The number of rotatable bonds is 8. The van der Waals surface area contributed by atoms with Crippen LogP contribution in [0.4, 0.5) is 0 Å². The van der Waals surface area contributed by atoms with Crippen LogP contribution >= 0.6 is 0 Å². The van der Waals surface area contributed by atoms with Crippen molar-refractivity contribution < 1.29 is 4.74 Å². The number of hydrogen-bond donors (Lipinski definition) is 1. The van der Waals surface area contributed by atoms with E-state index in [4.69, 9.17) is 4.74 Å². The highest BCUT2D eigenvalue weighted by Gasteiger charge is 2.21. The van der Waals surface area contributed by atoms with Crippen molar-refractivity contribution in [2.75, 3.05) is 20.3 Å². The predicted octanol–water partition coefficient (Wildman–Crippen LogP) is 0.814. The van der Waals surface area contributed by atoms with Crippen LogP contribution in [0, 0.1) is 5.92 Å². The third-order valence-electron chi connectivity index (χ3n) is 2.91. The average Bonchev–Trinajstić information content (AvgIpc) is 3.02. The van der Waals surface area contributed by atoms with E-state index in [0.29, 0.717) is 0 Å². The maximum atomic E-state index is 4.97. The topological polar surface area (TPSA) is 52.0 Å². The predicted molar refractivity (Wildman–Crippen MR) is 60.9 cm³/mol. The molecule has 16 heavy (non-hydrogen) atoms. The van der Waals surface area contributed by atoms with Gasteiger partial charge in [-0.1, -0.05) is 12.8 Å². The highest BCUT2D eigenvalue weighted by molar-refractivity contribution is 4.84. The molecule has 0 bridgehead atoms. The van der Waals surface area contributed by atoms with Crippen LogP contribution in [-0.4, -0.2) is 35.0 Å². The molecule has 0 atom stereocenters. The Hall–Kier alpha value is -0.940. The molecule has 0 spiro atoms. The lowest BCUT2D eigenvalue weighted by Gasteiger charge is -2.06. The number of ether oxygens (including phenoxy) is 1. The Morgan fingerprint density at radius 1 is 1.56 bits per heavy atom. The van der Waals surface area contributed by atoms with Crippen LogP contribution in [0.1, 0.15) is 25.1 Å². The van der Waals surface area contributed by atoms with E-state index in [0.717, 1.165) is 38.0 Å². The first-order valence-corrected chi connectivity index (χ1v) is 5.96. The normalized spacial score (nSPS) is 15.6. The van der Waals surface area contributed by atoms with E-state index < -0.39 is 0 Å². The van der Waals surface area contributed by atoms with Gasteiger partial charge in [-0.15, -0.1) is 0 Å². The van der Waals surface area contributed by atoms with Crippen molar-refractivity contribution >= 4 is 0 Å². The summed E-state index contributed by atoms with van der Waals surface area (Å²) < 4.78 is 6.99. The summed E-state index contributed by atoms with van der Waals surface area (Å²) in [4.78, 5) is 4.26. The molecule has 2 rings (SSSR count). The number of hydrogen-bond acceptors (Lipinski definition) is 4. The van der Waals surface area contributed by atoms with Crippen molar-refractivity contribution in [1.82, 2.24) is 20.1 Å². The van der Waals surface area contributed by atoms with Crippen LogP contribution < -0.4 is 5.32 Å². The molecule has 1 aromatic heterocycles. The summed E-state index contributed by atoms with van der Waals surface area (Å²) in [7, 11) is 1.71. The van der Waals surface area contributed by atoms with Gasteiger partial charge in [-0.25, -0.2) is 9.67 Å². The van der Waals surface area contributed by atoms with Gasteiger partial charge in [-0.2, -0.15) is 5.10 Å². The summed E-state index contributed by atoms with van der Waals surface area (Å²) in [5, 5.41) is 7.53. The molecule has 1 aliphatic rings. The Labute approximate surface area is 96.2 Å². The Bertz CT molecular complexity index is 309. The highest BCUT2D eigenvalue weighted by atomic mass is 16.5. The third kappa shape index (κ3) is 3.57. The molecule has 5 heteroatoms. The summed E-state index contributed by atoms with van der Waals surface area (Å²) in [6, 6.07) is 0. The summed E-state index contributed by atoms with van der Waals surface area (Å²) in [6.07, 6.45) is 5.68. The summed E-state index contributed by atoms with van der Waals surface area (Å²) in [5.74, 6) is 1.97. The van der Waals surface area contributed by atoms with E-state index in [9.17, 15) is 0 Å². The fraction of sp³-hybridized carbons (Fsp3) is 0.818. The summed E-state index contributed by atoms with van der Waals surface area (Å²) in [5.41, 5.74) is 0. The van der Waals surface area contributed by atoms with Gasteiger partial charge >= 0.3 is 0 Å². The fourth-order valence-electron chi connectivity index (χ4n) is 1.70. The van der Waals surface area contributed by atoms with Gasteiger partial charge in [0.25, 0.3) is 0 Å². The number of aryl methyl sites for hydroxylation is 1. The van der Waals surface area contributed by atoms with E-state index in [-0.39, 0.29) is 0 Å². The van der Waals surface area contributed by atoms with E-state index >= 15 is 0 Å². The standard InChI is InChI=1S/C11H20N4O/c1-16-7-5-12-8-11-13-9-14-15(11)6-4-10-2-3-10/h9-10,12H,2-8H2,1H3. The molecule has 1 saturated carbocycles. The second-order valence-corrected chi connectivity index (χ2v) is 4.30. The van der Waals surface area contributed by atoms with E-state index in [2.05, 4.69) is 15.4 Å². The monoisotopic (exact) mass is 224 g/mol. The minimum atomic E-state index is 0.732. The van der Waals surface area contributed by atoms with Gasteiger partial charge in [-0.3, -0.25) is 0 Å². The Balaban J connectivity index is 1.71. The molecule has 90 valence electrons. The summed E-state index contributed by atoms with van der Waals surface area (Å²) >= 11 is 0. The molecule has 5 nitrogen and oxygen atoms in total. The molecule has 1 heterocycles. The van der Waals surface area contributed by atoms with Crippen molar-refractivity contribution in [3.63, 3.8) is 0 Å². The quantitative estimate of drug-likeness (QED) is 0.664. The second kappa shape index (κ2) is 5.96. The lowest BCUT2D eigenvalue weighted by Crippen LogP contribution is -2.21. The Kier molecular flexibility index (Phi) is 4.30. The van der Waals surface area contributed by atoms with Crippen LogP contribution in [0.25, 0.3) is 0 Å². The molecule has 0 unspecified atom stereocenters. The molecule has 1 N–H and O–H groups in total. The van der Waals surface area contributed by atoms with Gasteiger partial charge in [0, 0.05) is 20.2 Å². The minimum absolute atomic E-state index is 0.732. The van der Waals surface area contributed by atoms with Crippen molar-refractivity contribution in [2.45, 2.75) is 32.4 Å². The van der Waals surface area contributed by atoms with Crippen LogP contribution in [0.2, 0.25) is 0 Å². The number of methoxy groups -OCH3 is 1. The average molecular weight is 224 g/mol. The first-order valence-electron chi connectivity index (χ1n) is 5.96. The molecule has 0 saturated heterocycles. The SMILES string of the molecule is COCCNCc1ncnn1CCC1CC1. The third-order valence-corrected chi connectivity index (χ3v) is 2.91. The van der Waals surface area contributed by atoms with Gasteiger partial charge in [0.15, 0.2) is 0 Å². The zero-order valence-electron chi connectivity index (χ0n) is 9.85. The first kappa shape index (κ1) is 11.5.